The zero-order valence-electron chi connectivity index (χ0n) is 13.6. The highest BCUT2D eigenvalue weighted by Gasteiger charge is 2.37. The second kappa shape index (κ2) is 7.97. The number of methoxy groups -OCH3 is 1. The van der Waals surface area contributed by atoms with Gasteiger partial charge in [0.1, 0.15) is 11.9 Å². The second-order valence-electron chi connectivity index (χ2n) is 5.21. The second-order valence-corrected chi connectivity index (χ2v) is 7.31. The quantitative estimate of drug-likeness (QED) is 0.679. The number of rotatable bonds is 7. The number of nitrogens with one attached hydrogen (secondary N) is 1. The molecular formula is C13H23N5O4S. The lowest BCUT2D eigenvalue weighted by Gasteiger charge is -2.35. The van der Waals surface area contributed by atoms with Crippen LogP contribution < -0.4 is 5.32 Å². The molecule has 23 heavy (non-hydrogen) atoms. The van der Waals surface area contributed by atoms with Crippen molar-refractivity contribution in [3.63, 3.8) is 0 Å². The Balaban J connectivity index is 2.22. The maximum absolute atomic E-state index is 12.5. The van der Waals surface area contributed by atoms with E-state index in [1.165, 1.54) is 22.7 Å². The number of morpholine rings is 1. The van der Waals surface area contributed by atoms with Crippen LogP contribution in [-0.2, 0) is 19.7 Å². The molecule has 1 atom stereocenters. The Morgan fingerprint density at radius 3 is 3.00 bits per heavy atom. The number of nitrogens with zero attached hydrogens (tertiary/aromatic N) is 4. The highest BCUT2D eigenvalue weighted by atomic mass is 32.2. The molecule has 9 nitrogen and oxygen atoms in total. The lowest BCUT2D eigenvalue weighted by Crippen LogP contribution is -2.48. The van der Waals surface area contributed by atoms with Crippen LogP contribution in [0.25, 0.3) is 0 Å². The van der Waals surface area contributed by atoms with Gasteiger partial charge >= 0.3 is 0 Å². The van der Waals surface area contributed by atoms with Crippen LogP contribution in [0.1, 0.15) is 11.9 Å². The molecule has 10 heteroatoms. The molecule has 1 aliphatic rings. The van der Waals surface area contributed by atoms with Gasteiger partial charge in [0.25, 0.3) is 10.2 Å². The average molecular weight is 345 g/mol. The van der Waals surface area contributed by atoms with E-state index in [9.17, 15) is 8.42 Å². The molecule has 2 rings (SSSR count). The summed E-state index contributed by atoms with van der Waals surface area (Å²) in [5.74, 6) is 1.04. The fourth-order valence-electron chi connectivity index (χ4n) is 2.19. The lowest BCUT2D eigenvalue weighted by atomic mass is 10.2. The van der Waals surface area contributed by atoms with E-state index < -0.39 is 16.3 Å². The van der Waals surface area contributed by atoms with Gasteiger partial charge in [-0.3, -0.25) is 0 Å². The first-order valence-electron chi connectivity index (χ1n) is 7.29. The van der Waals surface area contributed by atoms with Crippen molar-refractivity contribution >= 4 is 16.0 Å². The van der Waals surface area contributed by atoms with E-state index in [4.69, 9.17) is 9.47 Å². The molecule has 2 heterocycles. The van der Waals surface area contributed by atoms with Crippen molar-refractivity contribution in [3.8, 4) is 0 Å². The van der Waals surface area contributed by atoms with Gasteiger partial charge in [-0.2, -0.15) is 17.0 Å². The fraction of sp³-hybridized carbons (Fsp3) is 0.692. The van der Waals surface area contributed by atoms with Crippen molar-refractivity contribution in [3.05, 3.63) is 18.1 Å². The van der Waals surface area contributed by atoms with Crippen LogP contribution in [0.15, 0.2) is 12.3 Å². The maximum atomic E-state index is 12.5. The molecular weight excluding hydrogens is 322 g/mol. The average Bonchev–Trinajstić information content (AvgIpc) is 2.55. The largest absolute Gasteiger partial charge is 0.383 e. The standard InChI is InChI=1S/C13H23N5O4S/c1-17(2)23(19,20)18-7-9-22-10-11(18)13-15-5-4-12(16-13)14-6-8-21-3/h4-5,11H,6-10H2,1-3H3,(H,14,15,16)/t11-/m0/s1. The molecule has 0 radical (unpaired) electrons. The minimum absolute atomic E-state index is 0.231. The van der Waals surface area contributed by atoms with E-state index in [2.05, 4.69) is 15.3 Å². The van der Waals surface area contributed by atoms with Gasteiger partial charge in [0.05, 0.1) is 19.8 Å². The first-order chi connectivity index (χ1) is 11.0. The minimum Gasteiger partial charge on any atom is -0.383 e. The Labute approximate surface area is 136 Å². The monoisotopic (exact) mass is 345 g/mol. The van der Waals surface area contributed by atoms with E-state index in [1.807, 2.05) is 0 Å². The molecule has 0 aliphatic carbocycles. The number of ether oxygens (including phenoxy) is 2. The Morgan fingerprint density at radius 2 is 2.30 bits per heavy atom. The molecule has 1 saturated heterocycles. The summed E-state index contributed by atoms with van der Waals surface area (Å²) in [7, 11) is 1.07. The zero-order chi connectivity index (χ0) is 16.9. The molecule has 1 fully saturated rings. The van der Waals surface area contributed by atoms with Gasteiger partial charge in [0.15, 0.2) is 5.82 Å². The summed E-state index contributed by atoms with van der Waals surface area (Å²) < 4.78 is 37.9. The molecule has 0 amide bonds. The number of aromatic nitrogens is 2. The zero-order valence-corrected chi connectivity index (χ0v) is 14.4. The number of hydrogen-bond acceptors (Lipinski definition) is 7. The first kappa shape index (κ1) is 18.0. The Morgan fingerprint density at radius 1 is 1.52 bits per heavy atom. The molecule has 0 bridgehead atoms. The van der Waals surface area contributed by atoms with E-state index in [0.29, 0.717) is 31.4 Å². The maximum Gasteiger partial charge on any atom is 0.282 e. The normalized spacial score (nSPS) is 19.9. The Kier molecular flexibility index (Phi) is 6.25. The molecule has 0 spiro atoms. The lowest BCUT2D eigenvalue weighted by molar-refractivity contribution is 0.0269. The van der Waals surface area contributed by atoms with Gasteiger partial charge in [-0.1, -0.05) is 0 Å². The third-order valence-corrected chi connectivity index (χ3v) is 5.37. The number of anilines is 1. The summed E-state index contributed by atoms with van der Waals surface area (Å²) in [5, 5.41) is 3.11. The summed E-state index contributed by atoms with van der Waals surface area (Å²) in [4.78, 5) is 8.64. The molecule has 1 aromatic heterocycles. The van der Waals surface area contributed by atoms with Crippen LogP contribution in [0.4, 0.5) is 5.82 Å². The van der Waals surface area contributed by atoms with Crippen molar-refractivity contribution < 1.29 is 17.9 Å². The molecule has 0 unspecified atom stereocenters. The summed E-state index contributed by atoms with van der Waals surface area (Å²) >= 11 is 0. The van der Waals surface area contributed by atoms with E-state index in [0.717, 1.165) is 0 Å². The van der Waals surface area contributed by atoms with Crippen molar-refractivity contribution in [2.45, 2.75) is 6.04 Å². The van der Waals surface area contributed by atoms with E-state index in [-0.39, 0.29) is 13.2 Å². The van der Waals surface area contributed by atoms with Crippen LogP contribution in [0, 0.1) is 0 Å². The van der Waals surface area contributed by atoms with E-state index in [1.54, 1.807) is 19.4 Å². The molecule has 1 aliphatic heterocycles. The predicted octanol–water partition coefficient (Wildman–Crippen LogP) is -0.285. The highest BCUT2D eigenvalue weighted by molar-refractivity contribution is 7.86. The van der Waals surface area contributed by atoms with Crippen LogP contribution in [-0.4, -0.2) is 81.1 Å². The van der Waals surface area contributed by atoms with Gasteiger partial charge in [0, 0.05) is 40.5 Å². The smallest absolute Gasteiger partial charge is 0.282 e. The molecule has 0 saturated carbocycles. The van der Waals surface area contributed by atoms with Crippen molar-refractivity contribution in [1.82, 2.24) is 18.6 Å². The molecule has 0 aromatic carbocycles. The van der Waals surface area contributed by atoms with Gasteiger partial charge in [-0.05, 0) is 6.07 Å². The topological polar surface area (TPSA) is 96.9 Å². The van der Waals surface area contributed by atoms with Crippen molar-refractivity contribution in [2.24, 2.45) is 0 Å². The Bertz CT molecular complexity index is 610. The molecule has 130 valence electrons. The van der Waals surface area contributed by atoms with Crippen LogP contribution >= 0.6 is 0 Å². The third kappa shape index (κ3) is 4.36. The van der Waals surface area contributed by atoms with Gasteiger partial charge in [-0.25, -0.2) is 9.97 Å². The highest BCUT2D eigenvalue weighted by Crippen LogP contribution is 2.26. The van der Waals surface area contributed by atoms with Crippen LogP contribution in [0.3, 0.4) is 0 Å². The first-order valence-corrected chi connectivity index (χ1v) is 8.69. The van der Waals surface area contributed by atoms with Gasteiger partial charge in [0.2, 0.25) is 0 Å². The van der Waals surface area contributed by atoms with Gasteiger partial charge in [-0.15, -0.1) is 0 Å². The molecule has 1 aromatic rings. The summed E-state index contributed by atoms with van der Waals surface area (Å²) in [5.41, 5.74) is 0. The summed E-state index contributed by atoms with van der Waals surface area (Å²) in [6, 6.07) is 1.19. The SMILES string of the molecule is COCCNc1ccnc([C@@H]2COCCN2S(=O)(=O)N(C)C)n1. The predicted molar refractivity (Wildman–Crippen MR) is 85.3 cm³/mol. The molecule has 1 N–H and O–H groups in total. The fourth-order valence-corrected chi connectivity index (χ4v) is 3.39. The Hall–Kier alpha value is -1.33. The van der Waals surface area contributed by atoms with Crippen LogP contribution in [0.2, 0.25) is 0 Å². The van der Waals surface area contributed by atoms with Crippen molar-refractivity contribution in [1.29, 1.82) is 0 Å². The van der Waals surface area contributed by atoms with Crippen LogP contribution in [0.5, 0.6) is 0 Å². The third-order valence-electron chi connectivity index (χ3n) is 3.42. The summed E-state index contributed by atoms with van der Waals surface area (Å²) in [6.45, 7) is 2.01. The summed E-state index contributed by atoms with van der Waals surface area (Å²) in [6.07, 6.45) is 1.60. The number of hydrogen-bond donors (Lipinski definition) is 1. The van der Waals surface area contributed by atoms with E-state index >= 15 is 0 Å². The minimum atomic E-state index is -3.56. The van der Waals surface area contributed by atoms with Gasteiger partial charge < -0.3 is 14.8 Å². The van der Waals surface area contributed by atoms with Crippen molar-refractivity contribution in [2.75, 3.05) is 59.4 Å².